The third kappa shape index (κ3) is 2.14. The van der Waals surface area contributed by atoms with Crippen molar-refractivity contribution in [2.24, 2.45) is 5.92 Å². The molecular formula is C18H21N2S. The summed E-state index contributed by atoms with van der Waals surface area (Å²) < 4.78 is 0. The highest BCUT2D eigenvalue weighted by molar-refractivity contribution is 7.78. The topological polar surface area (TPSA) is 19.0 Å². The summed E-state index contributed by atoms with van der Waals surface area (Å²) in [4.78, 5) is 6.03. The maximum atomic E-state index is 4.89. The molecule has 0 saturated carbocycles. The van der Waals surface area contributed by atoms with E-state index in [1.165, 1.54) is 42.3 Å². The van der Waals surface area contributed by atoms with Crippen LogP contribution in [0.1, 0.15) is 36.3 Å². The van der Waals surface area contributed by atoms with Gasteiger partial charge in [-0.3, -0.25) is 0 Å². The van der Waals surface area contributed by atoms with E-state index in [1.54, 1.807) is 5.56 Å². The number of likely N-dealkylation sites (tertiary alicyclic amines) is 1. The minimum atomic E-state index is 0.659. The van der Waals surface area contributed by atoms with Crippen LogP contribution in [0.4, 0.5) is 0 Å². The molecule has 1 unspecified atom stereocenters. The van der Waals surface area contributed by atoms with Gasteiger partial charge in [0.15, 0.2) is 0 Å². The number of hydrogen-bond acceptors (Lipinski definition) is 2. The first-order chi connectivity index (χ1) is 10.3. The van der Waals surface area contributed by atoms with E-state index in [0.29, 0.717) is 12.0 Å². The van der Waals surface area contributed by atoms with Crippen LogP contribution >= 0.6 is 12.2 Å². The van der Waals surface area contributed by atoms with Gasteiger partial charge in [-0.05, 0) is 55.8 Å². The molecule has 3 atom stereocenters. The number of rotatable bonds is 3. The van der Waals surface area contributed by atoms with Crippen LogP contribution in [-0.2, 0) is 6.42 Å². The highest BCUT2D eigenvalue weighted by atomic mass is 32.1. The van der Waals surface area contributed by atoms with Gasteiger partial charge in [0.05, 0.1) is 0 Å². The van der Waals surface area contributed by atoms with Gasteiger partial charge in [0.2, 0.25) is 0 Å². The van der Waals surface area contributed by atoms with Crippen molar-refractivity contribution in [1.29, 1.82) is 0 Å². The zero-order chi connectivity index (χ0) is 14.4. The van der Waals surface area contributed by atoms with E-state index in [0.717, 1.165) is 12.3 Å². The Labute approximate surface area is 131 Å². The molecule has 1 fully saturated rings. The molecule has 4 rings (SSSR count). The van der Waals surface area contributed by atoms with E-state index in [-0.39, 0.29) is 0 Å². The van der Waals surface area contributed by atoms with E-state index in [4.69, 9.17) is 12.2 Å². The van der Waals surface area contributed by atoms with Crippen molar-refractivity contribution in [3.63, 3.8) is 0 Å². The summed E-state index contributed by atoms with van der Waals surface area (Å²) in [5, 5.41) is 4.39. The second-order valence-corrected chi connectivity index (χ2v) is 6.97. The highest BCUT2D eigenvalue weighted by Crippen LogP contribution is 2.44. The average molecular weight is 297 g/mol. The van der Waals surface area contributed by atoms with E-state index >= 15 is 0 Å². The zero-order valence-electron chi connectivity index (χ0n) is 12.4. The van der Waals surface area contributed by atoms with Crippen molar-refractivity contribution >= 4 is 28.5 Å². The number of fused-ring (bicyclic) bond motifs is 2. The maximum absolute atomic E-state index is 4.89. The number of benzene rings is 1. The summed E-state index contributed by atoms with van der Waals surface area (Å²) >= 11 is 4.89. The van der Waals surface area contributed by atoms with Crippen LogP contribution in [0, 0.1) is 5.92 Å². The first kappa shape index (κ1) is 13.5. The summed E-state index contributed by atoms with van der Waals surface area (Å²) in [6.07, 6.45) is 6.84. The molecule has 21 heavy (non-hydrogen) atoms. The van der Waals surface area contributed by atoms with Crippen LogP contribution in [0.5, 0.6) is 0 Å². The van der Waals surface area contributed by atoms with Gasteiger partial charge in [0, 0.05) is 41.0 Å². The predicted molar refractivity (Wildman–Crippen MR) is 91.1 cm³/mol. The number of thiocarbonyl (C=S) groups is 1. The zero-order valence-corrected chi connectivity index (χ0v) is 13.2. The van der Waals surface area contributed by atoms with Crippen molar-refractivity contribution in [2.45, 2.75) is 37.6 Å². The number of aromatic nitrogens is 1. The molecule has 1 aromatic carbocycles. The first-order valence-corrected chi connectivity index (χ1v) is 8.33. The second kappa shape index (κ2) is 5.22. The maximum Gasteiger partial charge on any atom is 0.0459 e. The lowest BCUT2D eigenvalue weighted by molar-refractivity contribution is 0.109. The lowest BCUT2D eigenvalue weighted by Gasteiger charge is -2.45. The highest BCUT2D eigenvalue weighted by Gasteiger charge is 2.38. The quantitative estimate of drug-likeness (QED) is 0.869. The minimum Gasteiger partial charge on any atom is -0.361 e. The monoisotopic (exact) mass is 297 g/mol. The van der Waals surface area contributed by atoms with Crippen LogP contribution < -0.4 is 0 Å². The fraction of sp³-hybridized carbons (Fsp3) is 0.500. The molecule has 1 aliphatic heterocycles. The van der Waals surface area contributed by atoms with Gasteiger partial charge in [0.1, 0.15) is 0 Å². The van der Waals surface area contributed by atoms with Gasteiger partial charge < -0.3 is 9.88 Å². The molecule has 1 radical (unpaired) electrons. The van der Waals surface area contributed by atoms with Crippen molar-refractivity contribution in [3.8, 4) is 0 Å². The van der Waals surface area contributed by atoms with Crippen molar-refractivity contribution in [1.82, 2.24) is 9.88 Å². The second-order valence-electron chi connectivity index (χ2n) is 6.69. The van der Waals surface area contributed by atoms with Crippen LogP contribution in [0.15, 0.2) is 24.4 Å². The molecule has 2 aliphatic rings. The van der Waals surface area contributed by atoms with Crippen molar-refractivity contribution in [3.05, 3.63) is 35.5 Å². The largest absolute Gasteiger partial charge is 0.361 e. The smallest absolute Gasteiger partial charge is 0.0459 e. The SMILES string of the molecule is CN1C[C@H](CC[C]=S)CC2c3cccc4[nH]cc(c34)C[C@H]21. The van der Waals surface area contributed by atoms with Gasteiger partial charge in [-0.2, -0.15) is 0 Å². The average Bonchev–Trinajstić information content (AvgIpc) is 2.91. The molecule has 2 nitrogen and oxygen atoms in total. The van der Waals surface area contributed by atoms with E-state index in [9.17, 15) is 0 Å². The van der Waals surface area contributed by atoms with Gasteiger partial charge in [-0.15, -0.1) is 0 Å². The Morgan fingerprint density at radius 1 is 1.43 bits per heavy atom. The Hall–Kier alpha value is -1.19. The Bertz CT molecular complexity index is 675. The fourth-order valence-corrected chi connectivity index (χ4v) is 4.64. The van der Waals surface area contributed by atoms with Crippen molar-refractivity contribution < 1.29 is 0 Å². The van der Waals surface area contributed by atoms with Crippen molar-refractivity contribution in [2.75, 3.05) is 13.6 Å². The molecule has 3 heteroatoms. The molecule has 2 aromatic rings. The molecule has 109 valence electrons. The number of likely N-dealkylation sites (N-methyl/N-ethyl adjacent to an activating group) is 1. The van der Waals surface area contributed by atoms with Crippen LogP contribution in [-0.4, -0.2) is 34.9 Å². The van der Waals surface area contributed by atoms with Gasteiger partial charge in [0.25, 0.3) is 0 Å². The molecular weight excluding hydrogens is 276 g/mol. The summed E-state index contributed by atoms with van der Waals surface area (Å²) in [5.74, 6) is 1.42. The van der Waals surface area contributed by atoms with Crippen LogP contribution in [0.3, 0.4) is 0 Å². The summed E-state index contributed by atoms with van der Waals surface area (Å²) in [6.45, 7) is 1.20. The summed E-state index contributed by atoms with van der Waals surface area (Å²) in [5.41, 5.74) is 4.36. The number of nitrogens with one attached hydrogen (secondary N) is 1. The number of piperidine rings is 1. The third-order valence-electron chi connectivity index (χ3n) is 5.47. The Morgan fingerprint density at radius 2 is 2.33 bits per heavy atom. The third-order valence-corrected chi connectivity index (χ3v) is 5.67. The molecule has 2 heterocycles. The number of nitrogens with zero attached hydrogens (tertiary/aromatic N) is 1. The summed E-state index contributed by atoms with van der Waals surface area (Å²) in [7, 11) is 2.29. The molecule has 0 amide bonds. The number of hydrogen-bond donors (Lipinski definition) is 1. The molecule has 0 bridgehead atoms. The number of aromatic amines is 1. The predicted octanol–water partition coefficient (Wildman–Crippen LogP) is 3.78. The van der Waals surface area contributed by atoms with E-state index < -0.39 is 0 Å². The number of H-pyrrole nitrogens is 1. The lowest BCUT2D eigenvalue weighted by Crippen LogP contribution is -2.47. The molecule has 1 saturated heterocycles. The summed E-state index contributed by atoms with van der Waals surface area (Å²) in [6, 6.07) is 7.41. The lowest BCUT2D eigenvalue weighted by atomic mass is 9.72. The first-order valence-electron chi connectivity index (χ1n) is 7.92. The van der Waals surface area contributed by atoms with Gasteiger partial charge in [-0.1, -0.05) is 24.4 Å². The normalized spacial score (nSPS) is 28.5. The van der Waals surface area contributed by atoms with Gasteiger partial charge >= 0.3 is 0 Å². The fourth-order valence-electron chi connectivity index (χ4n) is 4.53. The molecule has 1 aliphatic carbocycles. The Balaban J connectivity index is 1.72. The minimum absolute atomic E-state index is 0.659. The van der Waals surface area contributed by atoms with Gasteiger partial charge in [-0.25, -0.2) is 0 Å². The van der Waals surface area contributed by atoms with Crippen LogP contribution in [0.25, 0.3) is 10.9 Å². The Morgan fingerprint density at radius 3 is 3.19 bits per heavy atom. The molecule has 0 spiro atoms. The van der Waals surface area contributed by atoms with E-state index in [1.807, 2.05) is 0 Å². The Kier molecular flexibility index (Phi) is 3.35. The molecule has 1 aromatic heterocycles. The van der Waals surface area contributed by atoms with E-state index in [2.05, 4.69) is 46.7 Å². The molecule has 1 N–H and O–H groups in total. The van der Waals surface area contributed by atoms with Crippen LogP contribution in [0.2, 0.25) is 0 Å². The standard InChI is InChI=1S/C18H21N2S/c1-20-11-12(4-3-7-21)8-15-14-5-2-6-16-18(14)13(10-19-16)9-17(15)20/h2,5-6,10,12,15,17,19H,3-4,8-9,11H2,1H3/t12-,15?,17-/m1/s1.